The van der Waals surface area contributed by atoms with Crippen LogP contribution in [0.3, 0.4) is 0 Å². The number of nitrogens with zero attached hydrogens (tertiary/aromatic N) is 2. The number of carbonyl (C=O) groups excluding carboxylic acids is 1. The first kappa shape index (κ1) is 17.2. The maximum atomic E-state index is 11.6. The molecule has 0 saturated heterocycles. The molecule has 0 saturated carbocycles. The summed E-state index contributed by atoms with van der Waals surface area (Å²) in [4.78, 5) is 11.6. The van der Waals surface area contributed by atoms with Crippen LogP contribution in [0.5, 0.6) is 0 Å². The first-order chi connectivity index (χ1) is 9.54. The molecule has 0 aliphatic heterocycles. The van der Waals surface area contributed by atoms with Gasteiger partial charge in [0.05, 0.1) is 6.20 Å². The fourth-order valence-electron chi connectivity index (χ4n) is 2.00. The number of aromatic nitrogens is 2. The normalized spacial score (nSPS) is 11.6. The molecular weight excluding hydrogens is 288 g/mol. The number of hydrogen-bond donors (Lipinski definition) is 2. The summed E-state index contributed by atoms with van der Waals surface area (Å²) in [6.45, 7) is 2.34. The lowest BCUT2D eigenvalue weighted by Gasteiger charge is -2.08. The Morgan fingerprint density at radius 3 is 2.81 bits per heavy atom. The predicted octanol–water partition coefficient (Wildman–Crippen LogP) is 1.86. The molecule has 114 valence electrons. The van der Waals surface area contributed by atoms with E-state index in [0.29, 0.717) is 13.0 Å². The Balaban J connectivity index is 0.00000220. The highest BCUT2D eigenvalue weighted by Gasteiger charge is 2.05. The molecule has 1 atom stereocenters. The van der Waals surface area contributed by atoms with E-state index in [1.165, 1.54) is 0 Å². The zero-order valence-corrected chi connectivity index (χ0v) is 13.1. The molecule has 21 heavy (non-hydrogen) atoms. The second-order valence-corrected chi connectivity index (χ2v) is 5.06. The van der Waals surface area contributed by atoms with Crippen molar-refractivity contribution >= 4 is 18.3 Å². The molecule has 5 nitrogen and oxygen atoms in total. The standard InChI is InChI=1S/C15H20N4O.ClH/c1-11(16)6-15(20)17-8-12-4-3-5-13(7-12)14-9-18-19(2)10-14;/h3-5,7,9-11H,6,8,16H2,1-2H3,(H,17,20);1H. The fraction of sp³-hybridized carbons (Fsp3) is 0.333. The number of amides is 1. The summed E-state index contributed by atoms with van der Waals surface area (Å²) in [7, 11) is 1.89. The monoisotopic (exact) mass is 308 g/mol. The van der Waals surface area contributed by atoms with Crippen LogP contribution in [0.15, 0.2) is 36.7 Å². The summed E-state index contributed by atoms with van der Waals surface area (Å²) < 4.78 is 1.77. The molecule has 1 aromatic carbocycles. The van der Waals surface area contributed by atoms with Gasteiger partial charge in [-0.05, 0) is 24.1 Å². The Labute approximate surface area is 130 Å². The van der Waals surface area contributed by atoms with Gasteiger partial charge in [-0.15, -0.1) is 12.4 Å². The number of halogens is 1. The number of hydrogen-bond acceptors (Lipinski definition) is 3. The van der Waals surface area contributed by atoms with Crippen LogP contribution in [0.1, 0.15) is 18.9 Å². The van der Waals surface area contributed by atoms with E-state index >= 15 is 0 Å². The van der Waals surface area contributed by atoms with Crippen molar-refractivity contribution in [3.8, 4) is 11.1 Å². The van der Waals surface area contributed by atoms with Crippen molar-refractivity contribution in [3.63, 3.8) is 0 Å². The van der Waals surface area contributed by atoms with Crippen molar-refractivity contribution in [1.29, 1.82) is 0 Å². The Morgan fingerprint density at radius 2 is 2.19 bits per heavy atom. The van der Waals surface area contributed by atoms with Gasteiger partial charge in [0, 0.05) is 37.8 Å². The summed E-state index contributed by atoms with van der Waals surface area (Å²) in [6, 6.07) is 7.95. The summed E-state index contributed by atoms with van der Waals surface area (Å²) in [5.74, 6) is -0.0215. The van der Waals surface area contributed by atoms with Gasteiger partial charge in [0.15, 0.2) is 0 Å². The summed E-state index contributed by atoms with van der Waals surface area (Å²) in [6.07, 6.45) is 4.14. The smallest absolute Gasteiger partial charge is 0.221 e. The van der Waals surface area contributed by atoms with Gasteiger partial charge >= 0.3 is 0 Å². The Bertz CT molecular complexity index is 595. The quantitative estimate of drug-likeness (QED) is 0.885. The van der Waals surface area contributed by atoms with Crippen LogP contribution in [0.4, 0.5) is 0 Å². The molecule has 0 spiro atoms. The van der Waals surface area contributed by atoms with E-state index in [1.54, 1.807) is 4.68 Å². The minimum atomic E-state index is -0.114. The third-order valence-electron chi connectivity index (χ3n) is 2.96. The van der Waals surface area contributed by atoms with Crippen LogP contribution < -0.4 is 11.1 Å². The molecule has 2 rings (SSSR count). The number of nitrogens with two attached hydrogens (primary N) is 1. The van der Waals surface area contributed by atoms with Gasteiger partial charge < -0.3 is 11.1 Å². The topological polar surface area (TPSA) is 72.9 Å². The van der Waals surface area contributed by atoms with E-state index in [1.807, 2.05) is 44.6 Å². The number of rotatable bonds is 5. The van der Waals surface area contributed by atoms with E-state index in [9.17, 15) is 4.79 Å². The van der Waals surface area contributed by atoms with Crippen LogP contribution in [0.2, 0.25) is 0 Å². The lowest BCUT2D eigenvalue weighted by molar-refractivity contribution is -0.121. The number of benzene rings is 1. The van der Waals surface area contributed by atoms with Gasteiger partial charge in [0.1, 0.15) is 0 Å². The Kier molecular flexibility index (Phi) is 6.39. The molecule has 0 aliphatic carbocycles. The Hall–Kier alpha value is -1.85. The van der Waals surface area contributed by atoms with Gasteiger partial charge in [-0.3, -0.25) is 9.48 Å². The molecule has 1 aromatic heterocycles. The molecule has 2 aromatic rings. The molecule has 1 heterocycles. The first-order valence-corrected chi connectivity index (χ1v) is 6.65. The van der Waals surface area contributed by atoms with Crippen LogP contribution in [0.25, 0.3) is 11.1 Å². The van der Waals surface area contributed by atoms with Crippen molar-refractivity contribution in [1.82, 2.24) is 15.1 Å². The largest absolute Gasteiger partial charge is 0.352 e. The van der Waals surface area contributed by atoms with Crippen LogP contribution in [0, 0.1) is 0 Å². The van der Waals surface area contributed by atoms with Gasteiger partial charge in [-0.2, -0.15) is 5.10 Å². The highest BCUT2D eigenvalue weighted by molar-refractivity contribution is 5.85. The highest BCUT2D eigenvalue weighted by Crippen LogP contribution is 2.19. The van der Waals surface area contributed by atoms with Crippen LogP contribution >= 0.6 is 12.4 Å². The maximum absolute atomic E-state index is 11.6. The minimum Gasteiger partial charge on any atom is -0.352 e. The molecular formula is C15H21ClN4O. The van der Waals surface area contributed by atoms with Gasteiger partial charge in [0.2, 0.25) is 5.91 Å². The second-order valence-electron chi connectivity index (χ2n) is 5.06. The van der Waals surface area contributed by atoms with Crippen molar-refractivity contribution in [2.24, 2.45) is 12.8 Å². The third kappa shape index (κ3) is 5.21. The van der Waals surface area contributed by atoms with E-state index in [-0.39, 0.29) is 24.4 Å². The molecule has 0 bridgehead atoms. The number of nitrogens with one attached hydrogen (secondary N) is 1. The van der Waals surface area contributed by atoms with Crippen molar-refractivity contribution in [2.75, 3.05) is 0 Å². The van der Waals surface area contributed by atoms with E-state index in [2.05, 4.69) is 16.5 Å². The number of carbonyl (C=O) groups is 1. The first-order valence-electron chi connectivity index (χ1n) is 6.65. The molecule has 0 radical (unpaired) electrons. The van der Waals surface area contributed by atoms with Gasteiger partial charge in [0.25, 0.3) is 0 Å². The lowest BCUT2D eigenvalue weighted by atomic mass is 10.1. The van der Waals surface area contributed by atoms with Crippen LogP contribution in [-0.2, 0) is 18.4 Å². The zero-order chi connectivity index (χ0) is 14.5. The van der Waals surface area contributed by atoms with E-state index in [0.717, 1.165) is 16.7 Å². The Morgan fingerprint density at radius 1 is 1.43 bits per heavy atom. The number of aryl methyl sites for hydroxylation is 1. The molecule has 0 aliphatic rings. The maximum Gasteiger partial charge on any atom is 0.221 e. The average Bonchev–Trinajstić information content (AvgIpc) is 2.83. The SMILES string of the molecule is CC(N)CC(=O)NCc1cccc(-c2cnn(C)c2)c1.Cl. The molecule has 1 amide bonds. The van der Waals surface area contributed by atoms with Gasteiger partial charge in [-0.25, -0.2) is 0 Å². The summed E-state index contributed by atoms with van der Waals surface area (Å²) >= 11 is 0. The van der Waals surface area contributed by atoms with E-state index < -0.39 is 0 Å². The zero-order valence-electron chi connectivity index (χ0n) is 12.2. The summed E-state index contributed by atoms with van der Waals surface area (Å²) in [5.41, 5.74) is 8.81. The molecule has 3 N–H and O–H groups in total. The van der Waals surface area contributed by atoms with E-state index in [4.69, 9.17) is 5.73 Å². The van der Waals surface area contributed by atoms with Crippen LogP contribution in [-0.4, -0.2) is 21.7 Å². The lowest BCUT2D eigenvalue weighted by Crippen LogP contribution is -2.29. The second kappa shape index (κ2) is 7.81. The average molecular weight is 309 g/mol. The highest BCUT2D eigenvalue weighted by atomic mass is 35.5. The third-order valence-corrected chi connectivity index (χ3v) is 2.96. The fourth-order valence-corrected chi connectivity index (χ4v) is 2.00. The predicted molar refractivity (Wildman–Crippen MR) is 86.0 cm³/mol. The van der Waals surface area contributed by atoms with Crippen molar-refractivity contribution in [2.45, 2.75) is 25.9 Å². The van der Waals surface area contributed by atoms with Crippen molar-refractivity contribution < 1.29 is 4.79 Å². The summed E-state index contributed by atoms with van der Waals surface area (Å²) in [5, 5.41) is 7.04. The minimum absolute atomic E-state index is 0. The van der Waals surface area contributed by atoms with Crippen molar-refractivity contribution in [3.05, 3.63) is 42.2 Å². The molecule has 6 heteroatoms. The van der Waals surface area contributed by atoms with Gasteiger partial charge in [-0.1, -0.05) is 18.2 Å². The molecule has 1 unspecified atom stereocenters. The molecule has 0 fully saturated rings.